The lowest BCUT2D eigenvalue weighted by Gasteiger charge is -2.13. The average Bonchev–Trinajstić information content (AvgIpc) is 3.26. The van der Waals surface area contributed by atoms with E-state index in [1.165, 1.54) is 11.3 Å². The first-order valence-electron chi connectivity index (χ1n) is 8.54. The van der Waals surface area contributed by atoms with Crippen LogP contribution in [0.1, 0.15) is 5.56 Å². The maximum absolute atomic E-state index is 5.47. The molecule has 3 aromatic rings. The van der Waals surface area contributed by atoms with Crippen molar-refractivity contribution in [2.24, 2.45) is 7.05 Å². The number of aromatic nitrogens is 2. The quantitative estimate of drug-likeness (QED) is 0.763. The van der Waals surface area contributed by atoms with Gasteiger partial charge in [-0.05, 0) is 35.9 Å². The number of ether oxygens (including phenoxy) is 2. The second-order valence-electron chi connectivity index (χ2n) is 6.51. The lowest BCUT2D eigenvalue weighted by Crippen LogP contribution is -2.09. The number of benzene rings is 2. The molecule has 134 valence electrons. The number of anilines is 2. The normalized spacial score (nSPS) is 12.3. The Bertz CT molecular complexity index is 916. The maximum atomic E-state index is 5.47. The molecule has 2 heterocycles. The predicted molar refractivity (Wildman–Crippen MR) is 103 cm³/mol. The van der Waals surface area contributed by atoms with E-state index in [1.54, 1.807) is 0 Å². The minimum absolute atomic E-state index is 0.281. The highest BCUT2D eigenvalue weighted by molar-refractivity contribution is 5.66. The van der Waals surface area contributed by atoms with E-state index < -0.39 is 0 Å². The van der Waals surface area contributed by atoms with E-state index in [9.17, 15) is 0 Å². The molecule has 1 aliphatic rings. The molecule has 2 aromatic carbocycles. The summed E-state index contributed by atoms with van der Waals surface area (Å²) in [5.41, 5.74) is 4.47. The van der Waals surface area contributed by atoms with E-state index in [1.807, 2.05) is 50.1 Å². The number of imidazole rings is 1. The Morgan fingerprint density at radius 2 is 1.85 bits per heavy atom. The third-order valence-electron chi connectivity index (χ3n) is 4.56. The molecule has 0 amide bonds. The van der Waals surface area contributed by atoms with Crippen LogP contribution in [-0.4, -0.2) is 30.4 Å². The summed E-state index contributed by atoms with van der Waals surface area (Å²) in [6.45, 7) is 1.00. The molecule has 0 saturated heterocycles. The predicted octanol–water partition coefficient (Wildman–Crippen LogP) is 3.49. The van der Waals surface area contributed by atoms with Crippen LogP contribution in [0.2, 0.25) is 0 Å². The fourth-order valence-electron chi connectivity index (χ4n) is 2.99. The van der Waals surface area contributed by atoms with Gasteiger partial charge in [0, 0.05) is 38.9 Å². The van der Waals surface area contributed by atoms with Crippen LogP contribution in [-0.2, 0) is 13.6 Å². The van der Waals surface area contributed by atoms with Gasteiger partial charge in [0.2, 0.25) is 12.7 Å². The van der Waals surface area contributed by atoms with Crippen LogP contribution in [0.4, 0.5) is 11.6 Å². The number of hydrogen-bond donors (Lipinski definition) is 1. The summed E-state index contributed by atoms with van der Waals surface area (Å²) in [6, 6.07) is 14.4. The molecular weight excluding hydrogens is 328 g/mol. The monoisotopic (exact) mass is 350 g/mol. The van der Waals surface area contributed by atoms with Crippen molar-refractivity contribution in [2.45, 2.75) is 6.54 Å². The average molecular weight is 350 g/mol. The summed E-state index contributed by atoms with van der Waals surface area (Å²) in [4.78, 5) is 6.61. The summed E-state index contributed by atoms with van der Waals surface area (Å²) >= 11 is 0. The van der Waals surface area contributed by atoms with Crippen LogP contribution in [0.3, 0.4) is 0 Å². The van der Waals surface area contributed by atoms with Crippen molar-refractivity contribution in [3.05, 3.63) is 54.2 Å². The van der Waals surface area contributed by atoms with E-state index >= 15 is 0 Å². The molecule has 1 aliphatic heterocycles. The van der Waals surface area contributed by atoms with Gasteiger partial charge in [-0.2, -0.15) is 0 Å². The zero-order chi connectivity index (χ0) is 18.1. The van der Waals surface area contributed by atoms with Gasteiger partial charge in [-0.15, -0.1) is 0 Å². The molecule has 6 heteroatoms. The van der Waals surface area contributed by atoms with Gasteiger partial charge in [0.15, 0.2) is 11.5 Å². The van der Waals surface area contributed by atoms with Crippen molar-refractivity contribution in [3.63, 3.8) is 0 Å². The topological polar surface area (TPSA) is 51.6 Å². The number of hydrogen-bond acceptors (Lipinski definition) is 5. The Morgan fingerprint density at radius 3 is 2.62 bits per heavy atom. The molecule has 0 fully saturated rings. The largest absolute Gasteiger partial charge is 0.454 e. The van der Waals surface area contributed by atoms with Crippen LogP contribution >= 0.6 is 0 Å². The van der Waals surface area contributed by atoms with Crippen LogP contribution < -0.4 is 19.7 Å². The molecule has 0 saturated carbocycles. The third kappa shape index (κ3) is 3.06. The molecule has 1 N–H and O–H groups in total. The first-order chi connectivity index (χ1) is 12.6. The molecule has 0 aliphatic carbocycles. The number of nitrogens with zero attached hydrogens (tertiary/aromatic N) is 3. The van der Waals surface area contributed by atoms with Crippen LogP contribution in [0.25, 0.3) is 11.3 Å². The zero-order valence-electron chi connectivity index (χ0n) is 15.2. The highest BCUT2D eigenvalue weighted by atomic mass is 16.7. The summed E-state index contributed by atoms with van der Waals surface area (Å²) in [7, 11) is 6.09. The van der Waals surface area contributed by atoms with Gasteiger partial charge in [-0.25, -0.2) is 4.98 Å². The van der Waals surface area contributed by atoms with Crippen molar-refractivity contribution >= 4 is 11.6 Å². The third-order valence-corrected chi connectivity index (χ3v) is 4.56. The van der Waals surface area contributed by atoms with Crippen LogP contribution in [0.15, 0.2) is 48.7 Å². The van der Waals surface area contributed by atoms with Gasteiger partial charge in [-0.3, -0.25) is 0 Å². The smallest absolute Gasteiger partial charge is 0.231 e. The van der Waals surface area contributed by atoms with Crippen molar-refractivity contribution in [3.8, 4) is 22.8 Å². The van der Waals surface area contributed by atoms with Crippen molar-refractivity contribution in [1.29, 1.82) is 0 Å². The van der Waals surface area contributed by atoms with E-state index in [4.69, 9.17) is 9.47 Å². The number of nitrogens with one attached hydrogen (secondary N) is 1. The Balaban J connectivity index is 1.49. The minimum Gasteiger partial charge on any atom is -0.454 e. The lowest BCUT2D eigenvalue weighted by atomic mass is 10.1. The lowest BCUT2D eigenvalue weighted by molar-refractivity contribution is 0.174. The van der Waals surface area contributed by atoms with Gasteiger partial charge in [0.1, 0.15) is 0 Å². The summed E-state index contributed by atoms with van der Waals surface area (Å²) in [5.74, 6) is 2.39. The number of fused-ring (bicyclic) bond motifs is 1. The molecule has 26 heavy (non-hydrogen) atoms. The SMILES string of the molecule is CN(C)c1ccc(CNc2ncc(-c3ccc4c(c3)OCO4)n2C)cc1. The van der Waals surface area contributed by atoms with Gasteiger partial charge in [-0.1, -0.05) is 12.1 Å². The fraction of sp³-hybridized carbons (Fsp3) is 0.250. The summed E-state index contributed by atoms with van der Waals surface area (Å²) < 4.78 is 12.9. The molecule has 0 bridgehead atoms. The molecule has 0 atom stereocenters. The first-order valence-corrected chi connectivity index (χ1v) is 8.54. The molecule has 0 radical (unpaired) electrons. The highest BCUT2D eigenvalue weighted by Gasteiger charge is 2.16. The highest BCUT2D eigenvalue weighted by Crippen LogP contribution is 2.36. The van der Waals surface area contributed by atoms with Gasteiger partial charge in [0.05, 0.1) is 11.9 Å². The number of rotatable bonds is 5. The van der Waals surface area contributed by atoms with E-state index in [0.717, 1.165) is 35.2 Å². The van der Waals surface area contributed by atoms with E-state index in [2.05, 4.69) is 39.5 Å². The Labute approximate surface area is 153 Å². The molecule has 1 aromatic heterocycles. The van der Waals surface area contributed by atoms with Crippen molar-refractivity contribution in [2.75, 3.05) is 31.1 Å². The molecule has 6 nitrogen and oxygen atoms in total. The maximum Gasteiger partial charge on any atom is 0.231 e. The second-order valence-corrected chi connectivity index (χ2v) is 6.51. The Hall–Kier alpha value is -3.15. The molecule has 0 unspecified atom stereocenters. The summed E-state index contributed by atoms with van der Waals surface area (Å²) in [6.07, 6.45) is 1.87. The fourth-order valence-corrected chi connectivity index (χ4v) is 2.99. The first kappa shape index (κ1) is 16.3. The Kier molecular flexibility index (Phi) is 4.16. The summed E-state index contributed by atoms with van der Waals surface area (Å²) in [5, 5.41) is 3.40. The van der Waals surface area contributed by atoms with Gasteiger partial charge < -0.3 is 24.3 Å². The molecular formula is C20H22N4O2. The second kappa shape index (κ2) is 6.63. The molecule has 0 spiro atoms. The van der Waals surface area contributed by atoms with Crippen molar-refractivity contribution < 1.29 is 9.47 Å². The Morgan fingerprint density at radius 1 is 1.08 bits per heavy atom. The standard InChI is InChI=1S/C20H22N4O2/c1-23(2)16-7-4-14(5-8-16)11-21-20-22-12-17(24(20)3)15-6-9-18-19(10-15)26-13-25-18/h4-10,12H,11,13H2,1-3H3,(H,21,22). The molecule has 4 rings (SSSR count). The zero-order valence-corrected chi connectivity index (χ0v) is 15.2. The van der Waals surface area contributed by atoms with Crippen LogP contribution in [0.5, 0.6) is 11.5 Å². The minimum atomic E-state index is 0.281. The van der Waals surface area contributed by atoms with E-state index in [-0.39, 0.29) is 6.79 Å². The van der Waals surface area contributed by atoms with Gasteiger partial charge >= 0.3 is 0 Å². The van der Waals surface area contributed by atoms with Gasteiger partial charge in [0.25, 0.3) is 0 Å². The van der Waals surface area contributed by atoms with E-state index in [0.29, 0.717) is 0 Å². The van der Waals surface area contributed by atoms with Crippen LogP contribution in [0, 0.1) is 0 Å². The van der Waals surface area contributed by atoms with Crippen molar-refractivity contribution in [1.82, 2.24) is 9.55 Å².